The van der Waals surface area contributed by atoms with Crippen molar-refractivity contribution in [2.45, 2.75) is 26.1 Å². The third-order valence-corrected chi connectivity index (χ3v) is 3.24. The summed E-state index contributed by atoms with van der Waals surface area (Å²) < 4.78 is 5.65. The summed E-state index contributed by atoms with van der Waals surface area (Å²) in [5, 5.41) is 10.3. The minimum atomic E-state index is -0.413. The lowest BCUT2D eigenvalue weighted by atomic mass is 10.1. The van der Waals surface area contributed by atoms with E-state index in [-0.39, 0.29) is 0 Å². The van der Waals surface area contributed by atoms with Gasteiger partial charge in [-0.1, -0.05) is 30.7 Å². The number of ether oxygens (including phenoxy) is 1. The molecule has 0 radical (unpaired) electrons. The van der Waals surface area contributed by atoms with Crippen molar-refractivity contribution in [3.05, 3.63) is 58.9 Å². The van der Waals surface area contributed by atoms with Crippen LogP contribution in [0.5, 0.6) is 5.75 Å². The van der Waals surface area contributed by atoms with Crippen molar-refractivity contribution in [1.82, 2.24) is 4.98 Å². The number of rotatable bonds is 5. The second-order valence-electron chi connectivity index (χ2n) is 4.25. The van der Waals surface area contributed by atoms with Crippen LogP contribution in [-0.4, -0.2) is 10.1 Å². The molecule has 4 heteroatoms. The summed E-state index contributed by atoms with van der Waals surface area (Å²) in [4.78, 5) is 3.93. The summed E-state index contributed by atoms with van der Waals surface area (Å²) in [6.45, 7) is 2.34. The zero-order valence-electron chi connectivity index (χ0n) is 10.7. The average molecular weight is 278 g/mol. The number of aromatic nitrogens is 1. The lowest BCUT2D eigenvalue weighted by Crippen LogP contribution is -1.98. The van der Waals surface area contributed by atoms with Gasteiger partial charge in [-0.05, 0) is 30.2 Å². The van der Waals surface area contributed by atoms with Gasteiger partial charge in [-0.25, -0.2) is 0 Å². The number of aliphatic hydroxyl groups is 1. The highest BCUT2D eigenvalue weighted by atomic mass is 35.5. The third-order valence-electron chi connectivity index (χ3n) is 2.90. The summed E-state index contributed by atoms with van der Waals surface area (Å²) in [7, 11) is 0. The van der Waals surface area contributed by atoms with Gasteiger partial charge in [0.25, 0.3) is 0 Å². The maximum atomic E-state index is 9.70. The lowest BCUT2D eigenvalue weighted by Gasteiger charge is -2.10. The first-order valence-corrected chi connectivity index (χ1v) is 6.57. The SMILES string of the molecule is CC[C@@H](O)c1ccc(OCc2ccncc2Cl)cc1. The highest BCUT2D eigenvalue weighted by molar-refractivity contribution is 6.31. The van der Waals surface area contributed by atoms with Gasteiger partial charge in [0.05, 0.1) is 11.1 Å². The van der Waals surface area contributed by atoms with Crippen LogP contribution < -0.4 is 4.74 Å². The predicted octanol–water partition coefficient (Wildman–Crippen LogP) is 3.76. The van der Waals surface area contributed by atoms with Crippen LogP contribution in [-0.2, 0) is 6.61 Å². The average Bonchev–Trinajstić information content (AvgIpc) is 2.46. The molecule has 1 atom stereocenters. The highest BCUT2D eigenvalue weighted by Gasteiger charge is 2.05. The van der Waals surface area contributed by atoms with E-state index in [1.165, 1.54) is 0 Å². The van der Waals surface area contributed by atoms with Gasteiger partial charge in [0.15, 0.2) is 0 Å². The summed E-state index contributed by atoms with van der Waals surface area (Å²) in [6, 6.07) is 9.28. The molecular formula is C15H16ClNO2. The molecule has 3 nitrogen and oxygen atoms in total. The molecule has 0 bridgehead atoms. The summed E-state index contributed by atoms with van der Waals surface area (Å²) in [5.41, 5.74) is 1.80. The Hall–Kier alpha value is -1.58. The quantitative estimate of drug-likeness (QED) is 0.905. The van der Waals surface area contributed by atoms with Gasteiger partial charge in [-0.3, -0.25) is 4.98 Å². The molecule has 0 aliphatic rings. The van der Waals surface area contributed by atoms with E-state index >= 15 is 0 Å². The van der Waals surface area contributed by atoms with Crippen molar-refractivity contribution < 1.29 is 9.84 Å². The molecule has 0 saturated heterocycles. The van der Waals surface area contributed by atoms with Crippen LogP contribution in [0, 0.1) is 0 Å². The summed E-state index contributed by atoms with van der Waals surface area (Å²) >= 11 is 6.00. The molecule has 1 N–H and O–H groups in total. The maximum Gasteiger partial charge on any atom is 0.119 e. The molecule has 100 valence electrons. The standard InChI is InChI=1S/C15H16ClNO2/c1-2-15(18)11-3-5-13(6-4-11)19-10-12-7-8-17-9-14(12)16/h3-9,15,18H,2,10H2,1H3/t15-/m1/s1. The Balaban J connectivity index is 1.99. The van der Waals surface area contributed by atoms with Crippen molar-refractivity contribution in [2.24, 2.45) is 0 Å². The zero-order chi connectivity index (χ0) is 13.7. The minimum absolute atomic E-state index is 0.400. The Morgan fingerprint density at radius 2 is 2.00 bits per heavy atom. The molecule has 0 fully saturated rings. The van der Waals surface area contributed by atoms with Gasteiger partial charge >= 0.3 is 0 Å². The highest BCUT2D eigenvalue weighted by Crippen LogP contribution is 2.21. The number of pyridine rings is 1. The molecule has 2 rings (SSSR count). The first kappa shape index (κ1) is 13.8. The van der Waals surface area contributed by atoms with Gasteiger partial charge in [0, 0.05) is 18.0 Å². The fourth-order valence-corrected chi connectivity index (χ4v) is 1.88. The van der Waals surface area contributed by atoms with Crippen LogP contribution in [0.3, 0.4) is 0 Å². The van der Waals surface area contributed by atoms with Gasteiger partial charge in [-0.15, -0.1) is 0 Å². The summed E-state index contributed by atoms with van der Waals surface area (Å²) in [5.74, 6) is 0.750. The first-order valence-electron chi connectivity index (χ1n) is 6.20. The predicted molar refractivity (Wildman–Crippen MR) is 75.3 cm³/mol. The Morgan fingerprint density at radius 3 is 2.63 bits per heavy atom. The number of benzene rings is 1. The number of hydrogen-bond acceptors (Lipinski definition) is 3. The Kier molecular flexibility index (Phi) is 4.77. The number of hydrogen-bond donors (Lipinski definition) is 1. The molecule has 1 aromatic carbocycles. The molecule has 1 heterocycles. The second-order valence-corrected chi connectivity index (χ2v) is 4.66. The Labute approximate surface area is 117 Å². The van der Waals surface area contributed by atoms with E-state index in [0.717, 1.165) is 16.9 Å². The van der Waals surface area contributed by atoms with E-state index in [1.807, 2.05) is 37.3 Å². The number of nitrogens with zero attached hydrogens (tertiary/aromatic N) is 1. The van der Waals surface area contributed by atoms with Crippen molar-refractivity contribution in [3.8, 4) is 5.75 Å². The van der Waals surface area contributed by atoms with Crippen LogP contribution in [0.25, 0.3) is 0 Å². The molecule has 0 saturated carbocycles. The van der Waals surface area contributed by atoms with Gasteiger partial charge in [0.2, 0.25) is 0 Å². The van der Waals surface area contributed by atoms with Crippen LogP contribution in [0.4, 0.5) is 0 Å². The van der Waals surface area contributed by atoms with Crippen LogP contribution in [0.1, 0.15) is 30.6 Å². The fraction of sp³-hybridized carbons (Fsp3) is 0.267. The lowest BCUT2D eigenvalue weighted by molar-refractivity contribution is 0.173. The van der Waals surface area contributed by atoms with Crippen molar-refractivity contribution in [3.63, 3.8) is 0 Å². The van der Waals surface area contributed by atoms with E-state index < -0.39 is 6.10 Å². The van der Waals surface area contributed by atoms with Crippen molar-refractivity contribution >= 4 is 11.6 Å². The largest absolute Gasteiger partial charge is 0.489 e. The zero-order valence-corrected chi connectivity index (χ0v) is 11.5. The molecule has 0 aliphatic carbocycles. The first-order chi connectivity index (χ1) is 9.20. The number of aliphatic hydroxyl groups excluding tert-OH is 1. The van der Waals surface area contributed by atoms with Gasteiger partial charge in [-0.2, -0.15) is 0 Å². The normalized spacial score (nSPS) is 12.2. The van der Waals surface area contributed by atoms with E-state index in [0.29, 0.717) is 18.1 Å². The van der Waals surface area contributed by atoms with Gasteiger partial charge < -0.3 is 9.84 Å². The van der Waals surface area contributed by atoms with E-state index in [2.05, 4.69) is 4.98 Å². The Bertz CT molecular complexity index is 528. The third kappa shape index (κ3) is 3.69. The fourth-order valence-electron chi connectivity index (χ4n) is 1.70. The van der Waals surface area contributed by atoms with Crippen LogP contribution in [0.2, 0.25) is 5.02 Å². The molecule has 2 aromatic rings. The molecular weight excluding hydrogens is 262 g/mol. The van der Waals surface area contributed by atoms with E-state index in [9.17, 15) is 5.11 Å². The van der Waals surface area contributed by atoms with Crippen molar-refractivity contribution in [2.75, 3.05) is 0 Å². The molecule has 1 aromatic heterocycles. The molecule has 0 spiro atoms. The Morgan fingerprint density at radius 1 is 1.26 bits per heavy atom. The number of halogens is 1. The molecule has 0 unspecified atom stereocenters. The maximum absolute atomic E-state index is 9.70. The van der Waals surface area contributed by atoms with Gasteiger partial charge in [0.1, 0.15) is 12.4 Å². The van der Waals surface area contributed by atoms with E-state index in [4.69, 9.17) is 16.3 Å². The van der Waals surface area contributed by atoms with Crippen LogP contribution in [0.15, 0.2) is 42.7 Å². The smallest absolute Gasteiger partial charge is 0.119 e. The summed E-state index contributed by atoms with van der Waals surface area (Å²) in [6.07, 6.45) is 3.57. The molecule has 0 aliphatic heterocycles. The topological polar surface area (TPSA) is 42.4 Å². The minimum Gasteiger partial charge on any atom is -0.489 e. The second kappa shape index (κ2) is 6.55. The molecule has 19 heavy (non-hydrogen) atoms. The van der Waals surface area contributed by atoms with Crippen LogP contribution >= 0.6 is 11.6 Å². The molecule has 0 amide bonds. The van der Waals surface area contributed by atoms with E-state index in [1.54, 1.807) is 12.4 Å². The monoisotopic (exact) mass is 277 g/mol. The van der Waals surface area contributed by atoms with Crippen molar-refractivity contribution in [1.29, 1.82) is 0 Å².